The van der Waals surface area contributed by atoms with Crippen molar-refractivity contribution in [2.45, 2.75) is 13.3 Å². The lowest BCUT2D eigenvalue weighted by molar-refractivity contribution is 0.122. The van der Waals surface area contributed by atoms with Crippen LogP contribution in [0.15, 0.2) is 12.4 Å². The predicted octanol–water partition coefficient (Wildman–Crippen LogP) is 0.0385. The molecule has 1 saturated heterocycles. The van der Waals surface area contributed by atoms with Crippen molar-refractivity contribution in [2.75, 3.05) is 36.9 Å². The lowest BCUT2D eigenvalue weighted by Crippen LogP contribution is -2.37. The van der Waals surface area contributed by atoms with Crippen LogP contribution in [0.5, 0.6) is 0 Å². The summed E-state index contributed by atoms with van der Waals surface area (Å²) in [6.45, 7) is 4.89. The highest BCUT2D eigenvalue weighted by atomic mass is 16.5. The predicted molar refractivity (Wildman–Crippen MR) is 73.8 cm³/mol. The summed E-state index contributed by atoms with van der Waals surface area (Å²) >= 11 is 0. The Morgan fingerprint density at radius 1 is 1.20 bits per heavy atom. The Balaban J connectivity index is 1.98. The molecule has 0 aromatic carbocycles. The van der Waals surface area contributed by atoms with Gasteiger partial charge in [-0.2, -0.15) is 15.0 Å². The summed E-state index contributed by atoms with van der Waals surface area (Å²) in [5.74, 6) is 2.20. The maximum atomic E-state index is 5.81. The van der Waals surface area contributed by atoms with Crippen LogP contribution in [-0.4, -0.2) is 50.8 Å². The minimum absolute atomic E-state index is 0.215. The van der Waals surface area contributed by atoms with Crippen LogP contribution in [-0.2, 0) is 11.2 Å². The Bertz CT molecular complexity index is 591. The quantitative estimate of drug-likeness (QED) is 0.844. The third-order valence-electron chi connectivity index (χ3n) is 3.17. The summed E-state index contributed by atoms with van der Waals surface area (Å²) in [4.78, 5) is 19.2. The number of hydrogen-bond donors (Lipinski definition) is 1. The Morgan fingerprint density at radius 3 is 2.70 bits per heavy atom. The van der Waals surface area contributed by atoms with Crippen molar-refractivity contribution in [2.24, 2.45) is 0 Å². The van der Waals surface area contributed by atoms with Gasteiger partial charge in [0, 0.05) is 31.9 Å². The SMILES string of the molecule is CCc1nccn1-c1nc(N)nc(N2CCOCC2)n1. The van der Waals surface area contributed by atoms with Crippen LogP contribution in [0.2, 0.25) is 0 Å². The number of rotatable bonds is 3. The molecule has 8 nitrogen and oxygen atoms in total. The van der Waals surface area contributed by atoms with Crippen molar-refractivity contribution in [1.82, 2.24) is 24.5 Å². The van der Waals surface area contributed by atoms with Crippen LogP contribution < -0.4 is 10.6 Å². The molecule has 106 valence electrons. The average molecular weight is 275 g/mol. The van der Waals surface area contributed by atoms with Crippen LogP contribution in [0.25, 0.3) is 5.95 Å². The van der Waals surface area contributed by atoms with Crippen LogP contribution in [0.1, 0.15) is 12.7 Å². The van der Waals surface area contributed by atoms with Gasteiger partial charge in [0.15, 0.2) is 0 Å². The largest absolute Gasteiger partial charge is 0.378 e. The van der Waals surface area contributed by atoms with Crippen molar-refractivity contribution >= 4 is 11.9 Å². The number of nitrogen functional groups attached to an aromatic ring is 1. The number of imidazole rings is 1. The van der Waals surface area contributed by atoms with E-state index in [0.717, 1.165) is 25.3 Å². The van der Waals surface area contributed by atoms with Gasteiger partial charge in [-0.1, -0.05) is 6.92 Å². The fourth-order valence-electron chi connectivity index (χ4n) is 2.16. The first-order chi connectivity index (χ1) is 9.78. The second kappa shape index (κ2) is 5.41. The first-order valence-electron chi connectivity index (χ1n) is 6.64. The molecular formula is C12H17N7O. The molecule has 0 amide bonds. The molecular weight excluding hydrogens is 258 g/mol. The van der Waals surface area contributed by atoms with Crippen LogP contribution in [0.3, 0.4) is 0 Å². The second-order valence-corrected chi connectivity index (χ2v) is 4.46. The molecule has 2 N–H and O–H groups in total. The molecule has 0 radical (unpaired) electrons. The van der Waals surface area contributed by atoms with E-state index in [1.54, 1.807) is 6.20 Å². The van der Waals surface area contributed by atoms with E-state index in [2.05, 4.69) is 19.9 Å². The molecule has 0 bridgehead atoms. The summed E-state index contributed by atoms with van der Waals surface area (Å²) in [7, 11) is 0. The highest BCUT2D eigenvalue weighted by molar-refractivity contribution is 5.38. The van der Waals surface area contributed by atoms with Crippen molar-refractivity contribution in [3.63, 3.8) is 0 Å². The lowest BCUT2D eigenvalue weighted by atomic mass is 10.4. The molecule has 20 heavy (non-hydrogen) atoms. The Kier molecular flexibility index (Phi) is 3.46. The summed E-state index contributed by atoms with van der Waals surface area (Å²) in [5, 5.41) is 0. The number of hydrogen-bond acceptors (Lipinski definition) is 7. The summed E-state index contributed by atoms with van der Waals surface area (Å²) in [6, 6.07) is 0. The molecule has 2 aromatic heterocycles. The molecule has 0 aliphatic carbocycles. The van der Waals surface area contributed by atoms with Gasteiger partial charge in [0.05, 0.1) is 13.2 Å². The third kappa shape index (κ3) is 2.42. The number of morpholine rings is 1. The number of aryl methyl sites for hydroxylation is 1. The number of nitrogens with two attached hydrogens (primary N) is 1. The molecule has 0 saturated carbocycles. The standard InChI is InChI=1S/C12H17N7O/c1-2-9-14-3-4-19(9)12-16-10(13)15-11(17-12)18-5-7-20-8-6-18/h3-4H,2,5-8H2,1H3,(H2,13,15,16,17). The fraction of sp³-hybridized carbons (Fsp3) is 0.500. The molecule has 0 unspecified atom stereocenters. The van der Waals surface area contributed by atoms with Gasteiger partial charge < -0.3 is 15.4 Å². The molecule has 1 aliphatic heterocycles. The topological polar surface area (TPSA) is 95.0 Å². The van der Waals surface area contributed by atoms with Crippen molar-refractivity contribution in [1.29, 1.82) is 0 Å². The van der Waals surface area contributed by atoms with Crippen molar-refractivity contribution in [3.8, 4) is 5.95 Å². The molecule has 0 atom stereocenters. The monoisotopic (exact) mass is 275 g/mol. The molecule has 2 aromatic rings. The molecule has 8 heteroatoms. The van der Waals surface area contributed by atoms with Crippen LogP contribution in [0.4, 0.5) is 11.9 Å². The molecule has 1 fully saturated rings. The highest BCUT2D eigenvalue weighted by Crippen LogP contribution is 2.14. The van der Waals surface area contributed by atoms with Gasteiger partial charge in [-0.3, -0.25) is 4.57 Å². The smallest absolute Gasteiger partial charge is 0.241 e. The van der Waals surface area contributed by atoms with E-state index in [0.29, 0.717) is 25.1 Å². The molecule has 3 rings (SSSR count). The van der Waals surface area contributed by atoms with Gasteiger partial charge in [0.1, 0.15) is 5.82 Å². The van der Waals surface area contributed by atoms with Gasteiger partial charge in [-0.15, -0.1) is 0 Å². The van der Waals surface area contributed by atoms with Crippen molar-refractivity contribution in [3.05, 3.63) is 18.2 Å². The first-order valence-corrected chi connectivity index (χ1v) is 6.64. The number of nitrogens with zero attached hydrogens (tertiary/aromatic N) is 6. The van der Waals surface area contributed by atoms with Gasteiger partial charge in [-0.05, 0) is 0 Å². The van der Waals surface area contributed by atoms with E-state index >= 15 is 0 Å². The van der Waals surface area contributed by atoms with E-state index in [1.165, 1.54) is 0 Å². The number of aromatic nitrogens is 5. The summed E-state index contributed by atoms with van der Waals surface area (Å²) < 4.78 is 7.17. The zero-order valence-electron chi connectivity index (χ0n) is 11.4. The highest BCUT2D eigenvalue weighted by Gasteiger charge is 2.17. The zero-order valence-corrected chi connectivity index (χ0v) is 11.4. The molecule has 3 heterocycles. The average Bonchev–Trinajstić information content (AvgIpc) is 2.96. The maximum absolute atomic E-state index is 5.81. The van der Waals surface area contributed by atoms with E-state index in [-0.39, 0.29) is 5.95 Å². The maximum Gasteiger partial charge on any atom is 0.241 e. The van der Waals surface area contributed by atoms with Crippen molar-refractivity contribution < 1.29 is 4.74 Å². The minimum Gasteiger partial charge on any atom is -0.378 e. The third-order valence-corrected chi connectivity index (χ3v) is 3.17. The normalized spacial score (nSPS) is 15.6. The van der Waals surface area contributed by atoms with Gasteiger partial charge in [0.25, 0.3) is 0 Å². The first kappa shape index (κ1) is 12.8. The van der Waals surface area contributed by atoms with Gasteiger partial charge in [0.2, 0.25) is 17.8 Å². The lowest BCUT2D eigenvalue weighted by Gasteiger charge is -2.26. The number of anilines is 2. The molecule has 0 spiro atoms. The van der Waals surface area contributed by atoms with Gasteiger partial charge >= 0.3 is 0 Å². The summed E-state index contributed by atoms with van der Waals surface area (Å²) in [6.07, 6.45) is 4.36. The zero-order chi connectivity index (χ0) is 13.9. The van der Waals surface area contributed by atoms with E-state index in [9.17, 15) is 0 Å². The van der Waals surface area contributed by atoms with Crippen LogP contribution >= 0.6 is 0 Å². The summed E-state index contributed by atoms with van der Waals surface area (Å²) in [5.41, 5.74) is 5.81. The van der Waals surface area contributed by atoms with Gasteiger partial charge in [-0.25, -0.2) is 4.98 Å². The second-order valence-electron chi connectivity index (χ2n) is 4.46. The Hall–Kier alpha value is -2.22. The van der Waals surface area contributed by atoms with E-state index in [4.69, 9.17) is 10.5 Å². The van der Waals surface area contributed by atoms with Crippen LogP contribution in [0, 0.1) is 0 Å². The van der Waals surface area contributed by atoms with E-state index < -0.39 is 0 Å². The van der Waals surface area contributed by atoms with E-state index in [1.807, 2.05) is 22.6 Å². The molecule has 1 aliphatic rings. The number of ether oxygens (including phenoxy) is 1. The Morgan fingerprint density at radius 2 is 1.95 bits per heavy atom. The Labute approximate surface area is 116 Å². The minimum atomic E-state index is 0.215. The fourth-order valence-corrected chi connectivity index (χ4v) is 2.16.